The van der Waals surface area contributed by atoms with E-state index in [1.807, 2.05) is 20.0 Å². The normalized spacial score (nSPS) is 21.3. The van der Waals surface area contributed by atoms with Gasteiger partial charge in [-0.15, -0.1) is 12.4 Å². The number of fused-ring (bicyclic) bond motifs is 1. The summed E-state index contributed by atoms with van der Waals surface area (Å²) in [7, 11) is 0. The smallest absolute Gasteiger partial charge is 0.226 e. The number of ether oxygens (including phenoxy) is 1. The zero-order valence-electron chi connectivity index (χ0n) is 16.6. The van der Waals surface area contributed by atoms with Gasteiger partial charge in [-0.2, -0.15) is 5.10 Å². The van der Waals surface area contributed by atoms with Gasteiger partial charge in [-0.25, -0.2) is 0 Å². The van der Waals surface area contributed by atoms with Gasteiger partial charge in [0.25, 0.3) is 0 Å². The molecule has 0 bridgehead atoms. The minimum atomic E-state index is -0.0717. The molecule has 29 heavy (non-hydrogen) atoms. The van der Waals surface area contributed by atoms with E-state index in [1.54, 1.807) is 12.1 Å². The molecule has 158 valence electrons. The fourth-order valence-electron chi connectivity index (χ4n) is 4.34. The minimum absolute atomic E-state index is 0. The van der Waals surface area contributed by atoms with Crippen molar-refractivity contribution in [2.75, 3.05) is 6.54 Å². The first-order chi connectivity index (χ1) is 13.4. The number of hydrogen-bond donors (Lipinski definition) is 1. The second kappa shape index (κ2) is 9.15. The molecule has 2 atom stereocenters. The van der Waals surface area contributed by atoms with Crippen molar-refractivity contribution >= 4 is 41.5 Å². The Morgan fingerprint density at radius 3 is 2.69 bits per heavy atom. The number of aryl methyl sites for hydroxylation is 1. The standard InChI is InChI=1S/C21H25Cl2N3O2.ClH/c1-12(2)28-16-9-18(22)17(19(23)10-16)8-13-5-6-26(21(13)27)15-3-4-20-14(7-15)11-24-25-20;/h9-13,15H,3-8H2,1-2H3,(H,24,25);1H. The number of likely N-dealkylation sites (tertiary alicyclic amines) is 1. The van der Waals surface area contributed by atoms with Crippen molar-refractivity contribution < 1.29 is 9.53 Å². The van der Waals surface area contributed by atoms with Gasteiger partial charge in [0.15, 0.2) is 0 Å². The predicted octanol–water partition coefficient (Wildman–Crippen LogP) is 4.87. The number of carbonyl (C=O) groups is 1. The summed E-state index contributed by atoms with van der Waals surface area (Å²) < 4.78 is 5.69. The summed E-state index contributed by atoms with van der Waals surface area (Å²) in [5, 5.41) is 8.32. The van der Waals surface area contributed by atoms with Crippen molar-refractivity contribution in [1.82, 2.24) is 15.1 Å². The van der Waals surface area contributed by atoms with E-state index in [0.717, 1.165) is 37.8 Å². The van der Waals surface area contributed by atoms with Crippen molar-refractivity contribution in [3.05, 3.63) is 45.2 Å². The van der Waals surface area contributed by atoms with Crippen molar-refractivity contribution in [1.29, 1.82) is 0 Å². The monoisotopic (exact) mass is 457 g/mol. The van der Waals surface area contributed by atoms with Crippen LogP contribution in [0.4, 0.5) is 0 Å². The Balaban J connectivity index is 0.00000240. The average Bonchev–Trinajstić information content (AvgIpc) is 3.23. The van der Waals surface area contributed by atoms with E-state index in [0.29, 0.717) is 22.2 Å². The molecule has 5 nitrogen and oxygen atoms in total. The number of carbonyl (C=O) groups excluding carboxylic acids is 1. The number of nitrogens with zero attached hydrogens (tertiary/aromatic N) is 2. The molecule has 0 spiro atoms. The number of rotatable bonds is 5. The first kappa shape index (κ1) is 22.3. The molecular weight excluding hydrogens is 433 g/mol. The van der Waals surface area contributed by atoms with E-state index < -0.39 is 0 Å². The first-order valence-corrected chi connectivity index (χ1v) is 10.6. The number of amides is 1. The Morgan fingerprint density at radius 1 is 1.28 bits per heavy atom. The molecule has 1 aromatic heterocycles. The van der Waals surface area contributed by atoms with Gasteiger partial charge >= 0.3 is 0 Å². The van der Waals surface area contributed by atoms with Gasteiger partial charge in [-0.05, 0) is 69.2 Å². The maximum absolute atomic E-state index is 13.1. The van der Waals surface area contributed by atoms with Gasteiger partial charge in [0.2, 0.25) is 5.91 Å². The van der Waals surface area contributed by atoms with Crippen molar-refractivity contribution in [3.63, 3.8) is 0 Å². The second-order valence-corrected chi connectivity index (χ2v) is 8.84. The third-order valence-electron chi connectivity index (χ3n) is 5.72. The Hall–Kier alpha value is -1.43. The molecule has 0 saturated carbocycles. The minimum Gasteiger partial charge on any atom is -0.491 e. The summed E-state index contributed by atoms with van der Waals surface area (Å²) in [5.41, 5.74) is 3.28. The number of hydrogen-bond acceptors (Lipinski definition) is 3. The molecule has 2 aromatic rings. The molecule has 2 aliphatic rings. The Bertz CT molecular complexity index is 861. The molecule has 1 aromatic carbocycles. The largest absolute Gasteiger partial charge is 0.491 e. The SMILES string of the molecule is CC(C)Oc1cc(Cl)c(CC2CCN(C3CCc4[nH]ncc4C3)C2=O)c(Cl)c1.Cl. The van der Waals surface area contributed by atoms with Crippen LogP contribution < -0.4 is 4.74 Å². The van der Waals surface area contributed by atoms with E-state index in [9.17, 15) is 4.79 Å². The zero-order valence-corrected chi connectivity index (χ0v) is 18.9. The molecule has 1 fully saturated rings. The van der Waals surface area contributed by atoms with Gasteiger partial charge in [-0.1, -0.05) is 23.2 Å². The summed E-state index contributed by atoms with van der Waals surface area (Å²) in [6.07, 6.45) is 6.16. The lowest BCUT2D eigenvalue weighted by molar-refractivity contribution is -0.133. The summed E-state index contributed by atoms with van der Waals surface area (Å²) in [6, 6.07) is 3.85. The maximum Gasteiger partial charge on any atom is 0.226 e. The molecular formula is C21H26Cl3N3O2. The summed E-state index contributed by atoms with van der Waals surface area (Å²) in [6.45, 7) is 4.71. The van der Waals surface area contributed by atoms with Crippen LogP contribution in [0.25, 0.3) is 0 Å². The third kappa shape index (κ3) is 4.68. The molecule has 4 rings (SSSR count). The Morgan fingerprint density at radius 2 is 2.00 bits per heavy atom. The summed E-state index contributed by atoms with van der Waals surface area (Å²) in [5.74, 6) is 0.801. The molecule has 1 N–H and O–H groups in total. The average molecular weight is 459 g/mol. The lowest BCUT2D eigenvalue weighted by Crippen LogP contribution is -2.41. The zero-order chi connectivity index (χ0) is 19.8. The highest BCUT2D eigenvalue weighted by Crippen LogP contribution is 2.36. The van der Waals surface area contributed by atoms with Crippen molar-refractivity contribution in [2.45, 2.75) is 58.1 Å². The van der Waals surface area contributed by atoms with E-state index in [1.165, 1.54) is 11.3 Å². The number of aromatic amines is 1. The highest BCUT2D eigenvalue weighted by molar-refractivity contribution is 6.36. The molecule has 8 heteroatoms. The van der Waals surface area contributed by atoms with Crippen LogP contribution in [0.5, 0.6) is 5.75 Å². The van der Waals surface area contributed by atoms with Crippen LogP contribution in [0, 0.1) is 5.92 Å². The molecule has 2 unspecified atom stereocenters. The third-order valence-corrected chi connectivity index (χ3v) is 6.39. The number of H-pyrrole nitrogens is 1. The van der Waals surface area contributed by atoms with Crippen LogP contribution in [-0.4, -0.2) is 39.7 Å². The lowest BCUT2D eigenvalue weighted by Gasteiger charge is -2.31. The fourth-order valence-corrected chi connectivity index (χ4v) is 4.96. The first-order valence-electron chi connectivity index (χ1n) is 9.88. The van der Waals surface area contributed by atoms with Crippen molar-refractivity contribution in [2.24, 2.45) is 5.92 Å². The van der Waals surface area contributed by atoms with E-state index in [-0.39, 0.29) is 36.4 Å². The van der Waals surface area contributed by atoms with E-state index in [4.69, 9.17) is 27.9 Å². The van der Waals surface area contributed by atoms with Crippen LogP contribution in [0.3, 0.4) is 0 Å². The Labute approximate surface area is 187 Å². The Kier molecular flexibility index (Phi) is 7.02. The van der Waals surface area contributed by atoms with Gasteiger partial charge in [-0.3, -0.25) is 9.89 Å². The van der Waals surface area contributed by atoms with Crippen LogP contribution >= 0.6 is 35.6 Å². The van der Waals surface area contributed by atoms with E-state index in [2.05, 4.69) is 15.1 Å². The molecule has 0 radical (unpaired) electrons. The maximum atomic E-state index is 13.1. The van der Waals surface area contributed by atoms with Crippen LogP contribution in [0.15, 0.2) is 18.3 Å². The van der Waals surface area contributed by atoms with E-state index >= 15 is 0 Å². The van der Waals surface area contributed by atoms with Gasteiger partial charge < -0.3 is 9.64 Å². The fraction of sp³-hybridized carbons (Fsp3) is 0.524. The topological polar surface area (TPSA) is 58.2 Å². The lowest BCUT2D eigenvalue weighted by atomic mass is 9.92. The van der Waals surface area contributed by atoms with Crippen LogP contribution in [0.1, 0.15) is 43.5 Å². The van der Waals surface area contributed by atoms with Crippen LogP contribution in [-0.2, 0) is 24.1 Å². The second-order valence-electron chi connectivity index (χ2n) is 8.02. The summed E-state index contributed by atoms with van der Waals surface area (Å²) in [4.78, 5) is 15.1. The van der Waals surface area contributed by atoms with Crippen LogP contribution in [0.2, 0.25) is 10.0 Å². The molecule has 1 aliphatic heterocycles. The van der Waals surface area contributed by atoms with Gasteiger partial charge in [0, 0.05) is 34.2 Å². The van der Waals surface area contributed by atoms with Crippen molar-refractivity contribution in [3.8, 4) is 5.75 Å². The van der Waals surface area contributed by atoms with Gasteiger partial charge in [0.1, 0.15) is 5.75 Å². The number of halogens is 3. The highest BCUT2D eigenvalue weighted by atomic mass is 35.5. The molecule has 1 amide bonds. The highest BCUT2D eigenvalue weighted by Gasteiger charge is 2.37. The quantitative estimate of drug-likeness (QED) is 0.695. The summed E-state index contributed by atoms with van der Waals surface area (Å²) >= 11 is 12.9. The number of nitrogens with one attached hydrogen (secondary N) is 1. The molecule has 1 aliphatic carbocycles. The number of benzene rings is 1. The molecule has 2 heterocycles. The van der Waals surface area contributed by atoms with Gasteiger partial charge in [0.05, 0.1) is 12.3 Å². The molecule has 1 saturated heterocycles. The number of aromatic nitrogens is 2. The predicted molar refractivity (Wildman–Crippen MR) is 117 cm³/mol.